The van der Waals surface area contributed by atoms with E-state index >= 15 is 0 Å². The van der Waals surface area contributed by atoms with Crippen LogP contribution in [0, 0.1) is 0 Å². The molecule has 7 nitrogen and oxygen atoms in total. The van der Waals surface area contributed by atoms with E-state index in [2.05, 4.69) is 20.6 Å². The first-order chi connectivity index (χ1) is 13.4. The molecule has 0 radical (unpaired) electrons. The Hall–Kier alpha value is -2.61. The number of aromatic nitrogens is 2. The second-order valence-corrected chi connectivity index (χ2v) is 6.77. The summed E-state index contributed by atoms with van der Waals surface area (Å²) in [4.78, 5) is 8.37. The number of benzene rings is 2. The Morgan fingerprint density at radius 2 is 1.50 bits per heavy atom. The molecule has 0 atom stereocenters. The Labute approximate surface area is 176 Å². The molecule has 0 bridgehead atoms. The van der Waals surface area contributed by atoms with Crippen LogP contribution in [-0.2, 0) is 0 Å². The lowest BCUT2D eigenvalue weighted by atomic mass is 10.2. The Morgan fingerprint density at radius 3 is 2.14 bits per heavy atom. The van der Waals surface area contributed by atoms with Crippen molar-refractivity contribution in [1.29, 1.82) is 0 Å². The second-order valence-electron chi connectivity index (χ2n) is 5.55. The third kappa shape index (κ3) is 4.27. The molecule has 0 aliphatic rings. The van der Waals surface area contributed by atoms with Gasteiger partial charge in [0.25, 0.3) is 0 Å². The maximum Gasteiger partial charge on any atom is 0.159 e. The average Bonchev–Trinajstić information content (AvgIpc) is 2.68. The lowest BCUT2D eigenvalue weighted by Gasteiger charge is -2.16. The van der Waals surface area contributed by atoms with Gasteiger partial charge in [0.05, 0.1) is 35.0 Å². The smallest absolute Gasteiger partial charge is 0.159 e. The molecule has 0 saturated heterocycles. The van der Waals surface area contributed by atoms with Gasteiger partial charge in [-0.2, -0.15) is 0 Å². The predicted octanol–water partition coefficient (Wildman–Crippen LogP) is 5.52. The largest absolute Gasteiger partial charge is 0.495 e. The zero-order valence-electron chi connectivity index (χ0n) is 14.9. The van der Waals surface area contributed by atoms with Crippen LogP contribution in [0.5, 0.6) is 11.5 Å². The monoisotopic (exact) mass is 439 g/mol. The molecule has 1 aromatic heterocycles. The van der Waals surface area contributed by atoms with Crippen molar-refractivity contribution in [1.82, 2.24) is 9.97 Å². The van der Waals surface area contributed by atoms with Gasteiger partial charge in [0.1, 0.15) is 23.5 Å². The van der Waals surface area contributed by atoms with Crippen LogP contribution in [0.15, 0.2) is 36.7 Å². The fraction of sp³-hybridized carbons (Fsp3) is 0.111. The van der Waals surface area contributed by atoms with Gasteiger partial charge in [0.2, 0.25) is 0 Å². The second kappa shape index (κ2) is 8.60. The summed E-state index contributed by atoms with van der Waals surface area (Å²) in [5, 5.41) is 7.46. The highest BCUT2D eigenvalue weighted by molar-refractivity contribution is 6.42. The molecular formula is C18H16Cl3N5O2. The molecule has 0 fully saturated rings. The van der Waals surface area contributed by atoms with Gasteiger partial charge in [0.15, 0.2) is 11.6 Å². The predicted molar refractivity (Wildman–Crippen MR) is 114 cm³/mol. The number of nitrogens with one attached hydrogen (secondary N) is 2. The van der Waals surface area contributed by atoms with Crippen molar-refractivity contribution in [3.8, 4) is 11.5 Å². The molecule has 0 unspecified atom stereocenters. The minimum atomic E-state index is 0.294. The molecule has 0 saturated carbocycles. The number of halogens is 3. The topological polar surface area (TPSA) is 94.3 Å². The number of ether oxygens (including phenoxy) is 2. The molecule has 0 aliphatic carbocycles. The lowest BCUT2D eigenvalue weighted by molar-refractivity contribution is 0.396. The highest BCUT2D eigenvalue weighted by Gasteiger charge is 2.14. The number of nitrogens with zero attached hydrogens (tertiary/aromatic N) is 2. The summed E-state index contributed by atoms with van der Waals surface area (Å²) in [6, 6.07) is 8.43. The van der Waals surface area contributed by atoms with Crippen molar-refractivity contribution < 1.29 is 9.47 Å². The van der Waals surface area contributed by atoms with Crippen LogP contribution >= 0.6 is 34.8 Å². The molecule has 2 aromatic carbocycles. The van der Waals surface area contributed by atoms with E-state index < -0.39 is 0 Å². The van der Waals surface area contributed by atoms with Crippen molar-refractivity contribution in [2.75, 3.05) is 30.6 Å². The third-order valence-corrected chi connectivity index (χ3v) is 4.83. The van der Waals surface area contributed by atoms with Gasteiger partial charge in [-0.3, -0.25) is 0 Å². The van der Waals surface area contributed by atoms with Gasteiger partial charge < -0.3 is 25.8 Å². The Balaban J connectivity index is 1.91. The normalized spacial score (nSPS) is 10.5. The molecule has 146 valence electrons. The number of nitrogens with two attached hydrogens (primary N) is 1. The van der Waals surface area contributed by atoms with E-state index in [4.69, 9.17) is 50.0 Å². The van der Waals surface area contributed by atoms with E-state index in [9.17, 15) is 0 Å². The number of anilines is 5. The zero-order chi connectivity index (χ0) is 20.3. The molecule has 28 heavy (non-hydrogen) atoms. The van der Waals surface area contributed by atoms with Crippen LogP contribution in [-0.4, -0.2) is 24.2 Å². The first-order valence-electron chi connectivity index (χ1n) is 7.94. The van der Waals surface area contributed by atoms with Crippen LogP contribution in [0.4, 0.5) is 28.7 Å². The maximum absolute atomic E-state index is 6.23. The summed E-state index contributed by atoms with van der Waals surface area (Å²) in [6.07, 6.45) is 1.37. The SMILES string of the molecule is COc1cc(OC)c(Nc2ncnc(Nc3ccc(Cl)c(Cl)c3)c2N)cc1Cl. The summed E-state index contributed by atoms with van der Waals surface area (Å²) < 4.78 is 10.6. The summed E-state index contributed by atoms with van der Waals surface area (Å²) in [7, 11) is 3.06. The number of hydrogen-bond donors (Lipinski definition) is 3. The molecule has 3 rings (SSSR count). The number of hydrogen-bond acceptors (Lipinski definition) is 7. The standard InChI is InChI=1S/C18H16Cl3N5O2/c1-27-14-7-15(28-2)13(6-12(14)21)26-18-16(22)17(23-8-24-18)25-9-3-4-10(19)11(20)5-9/h3-8H,22H2,1-2H3,(H2,23,24,25,26). The highest BCUT2D eigenvalue weighted by Crippen LogP contribution is 2.38. The van der Waals surface area contributed by atoms with Crippen molar-refractivity contribution in [2.24, 2.45) is 0 Å². The van der Waals surface area contributed by atoms with Crippen LogP contribution in [0.1, 0.15) is 0 Å². The van der Waals surface area contributed by atoms with E-state index in [0.717, 1.165) is 0 Å². The molecule has 0 aliphatic heterocycles. The summed E-state index contributed by atoms with van der Waals surface area (Å²) in [5.41, 5.74) is 7.76. The van der Waals surface area contributed by atoms with Crippen molar-refractivity contribution in [2.45, 2.75) is 0 Å². The molecule has 10 heteroatoms. The summed E-state index contributed by atoms with van der Waals surface area (Å²) in [5.74, 6) is 1.77. The van der Waals surface area contributed by atoms with Crippen molar-refractivity contribution >= 4 is 63.5 Å². The van der Waals surface area contributed by atoms with Crippen molar-refractivity contribution in [3.63, 3.8) is 0 Å². The van der Waals surface area contributed by atoms with E-state index in [1.165, 1.54) is 20.5 Å². The molecular weight excluding hydrogens is 425 g/mol. The van der Waals surface area contributed by atoms with Crippen LogP contribution < -0.4 is 25.8 Å². The Morgan fingerprint density at radius 1 is 0.821 bits per heavy atom. The maximum atomic E-state index is 6.23. The minimum Gasteiger partial charge on any atom is -0.495 e. The average molecular weight is 441 g/mol. The van der Waals surface area contributed by atoms with Gasteiger partial charge in [-0.05, 0) is 24.3 Å². The van der Waals surface area contributed by atoms with Gasteiger partial charge in [-0.25, -0.2) is 9.97 Å². The molecule has 0 spiro atoms. The fourth-order valence-corrected chi connectivity index (χ4v) is 2.93. The molecule has 1 heterocycles. The first-order valence-corrected chi connectivity index (χ1v) is 9.07. The zero-order valence-corrected chi connectivity index (χ0v) is 17.2. The Kier molecular flexibility index (Phi) is 6.18. The molecule has 4 N–H and O–H groups in total. The Bertz CT molecular complexity index is 1020. The minimum absolute atomic E-state index is 0.294. The third-order valence-electron chi connectivity index (χ3n) is 3.79. The number of rotatable bonds is 6. The van der Waals surface area contributed by atoms with Gasteiger partial charge in [0, 0.05) is 11.8 Å². The lowest BCUT2D eigenvalue weighted by Crippen LogP contribution is -2.06. The van der Waals surface area contributed by atoms with Crippen molar-refractivity contribution in [3.05, 3.63) is 51.7 Å². The number of nitrogen functional groups attached to an aromatic ring is 1. The van der Waals surface area contributed by atoms with Crippen LogP contribution in [0.3, 0.4) is 0 Å². The van der Waals surface area contributed by atoms with E-state index in [1.807, 2.05) is 0 Å². The van der Waals surface area contributed by atoms with E-state index in [0.29, 0.717) is 55.3 Å². The first kappa shape index (κ1) is 20.1. The van der Waals surface area contributed by atoms with Gasteiger partial charge >= 0.3 is 0 Å². The molecule has 3 aromatic rings. The van der Waals surface area contributed by atoms with Crippen LogP contribution in [0.2, 0.25) is 15.1 Å². The van der Waals surface area contributed by atoms with E-state index in [1.54, 1.807) is 30.3 Å². The number of methoxy groups -OCH3 is 2. The van der Waals surface area contributed by atoms with Crippen LogP contribution in [0.25, 0.3) is 0 Å². The van der Waals surface area contributed by atoms with Gasteiger partial charge in [-0.15, -0.1) is 0 Å². The highest BCUT2D eigenvalue weighted by atomic mass is 35.5. The summed E-state index contributed by atoms with van der Waals surface area (Å²) in [6.45, 7) is 0. The fourth-order valence-electron chi connectivity index (χ4n) is 2.39. The molecule has 0 amide bonds. The quantitative estimate of drug-likeness (QED) is 0.464. The summed E-state index contributed by atoms with van der Waals surface area (Å²) >= 11 is 18.2. The van der Waals surface area contributed by atoms with E-state index in [-0.39, 0.29) is 0 Å². The van der Waals surface area contributed by atoms with Gasteiger partial charge in [-0.1, -0.05) is 34.8 Å².